The van der Waals surface area contributed by atoms with Crippen molar-refractivity contribution in [2.45, 2.75) is 25.2 Å². The molecule has 1 atom stereocenters. The summed E-state index contributed by atoms with van der Waals surface area (Å²) in [4.78, 5) is 12.8. The van der Waals surface area contributed by atoms with E-state index in [-0.39, 0.29) is 17.5 Å². The molecule has 0 saturated heterocycles. The first-order chi connectivity index (χ1) is 12.2. The average molecular weight is 333 g/mol. The van der Waals surface area contributed by atoms with Gasteiger partial charge in [-0.1, -0.05) is 12.1 Å². The van der Waals surface area contributed by atoms with Crippen molar-refractivity contribution in [2.24, 2.45) is 0 Å². The second-order valence-corrected chi connectivity index (χ2v) is 6.64. The van der Waals surface area contributed by atoms with E-state index in [1.807, 2.05) is 12.1 Å². The van der Waals surface area contributed by atoms with Crippen LogP contribution in [0.4, 0.5) is 10.1 Å². The van der Waals surface area contributed by atoms with Gasteiger partial charge in [-0.15, -0.1) is 0 Å². The number of carbonyl (C=O) groups is 1. The van der Waals surface area contributed by atoms with Crippen LogP contribution in [0.5, 0.6) is 0 Å². The number of anilines is 1. The maximum Gasteiger partial charge on any atom is 0.161 e. The molecule has 1 aliphatic heterocycles. The predicted octanol–water partition coefficient (Wildman–Crippen LogP) is 4.27. The van der Waals surface area contributed by atoms with Crippen molar-refractivity contribution in [2.75, 3.05) is 5.32 Å². The van der Waals surface area contributed by atoms with Crippen LogP contribution < -0.4 is 5.32 Å². The lowest BCUT2D eigenvalue weighted by Gasteiger charge is -2.34. The summed E-state index contributed by atoms with van der Waals surface area (Å²) in [5.41, 5.74) is 5.65. The van der Waals surface area contributed by atoms with Gasteiger partial charge in [-0.05, 0) is 42.7 Å². The van der Waals surface area contributed by atoms with E-state index in [2.05, 4.69) is 15.5 Å². The molecule has 1 unspecified atom stereocenters. The number of Topliss-reactive ketones (excluding diaryl/α,β-unsaturated/α-hetero) is 1. The van der Waals surface area contributed by atoms with Crippen LogP contribution in [0.25, 0.3) is 10.9 Å². The van der Waals surface area contributed by atoms with E-state index in [0.29, 0.717) is 6.42 Å². The minimum absolute atomic E-state index is 0.172. The van der Waals surface area contributed by atoms with Gasteiger partial charge in [-0.3, -0.25) is 9.89 Å². The molecule has 0 radical (unpaired) electrons. The van der Waals surface area contributed by atoms with Gasteiger partial charge in [0.15, 0.2) is 5.78 Å². The van der Waals surface area contributed by atoms with Crippen molar-refractivity contribution >= 4 is 22.4 Å². The molecule has 2 heterocycles. The lowest BCUT2D eigenvalue weighted by atomic mass is 9.75. The Morgan fingerprint density at radius 2 is 1.92 bits per heavy atom. The fraction of sp³-hybridized carbons (Fsp3) is 0.200. The van der Waals surface area contributed by atoms with Gasteiger partial charge in [-0.25, -0.2) is 4.39 Å². The maximum absolute atomic E-state index is 13.5. The zero-order valence-electron chi connectivity index (χ0n) is 13.5. The number of hydrogen-bond donors (Lipinski definition) is 2. The number of fused-ring (bicyclic) bond motifs is 3. The third-order valence-corrected chi connectivity index (χ3v) is 5.18. The number of halogens is 1. The molecule has 0 amide bonds. The molecule has 2 aromatic carbocycles. The van der Waals surface area contributed by atoms with E-state index in [0.717, 1.165) is 51.8 Å². The maximum atomic E-state index is 13.5. The Bertz CT molecular complexity index is 1030. The van der Waals surface area contributed by atoms with Crippen molar-refractivity contribution in [1.29, 1.82) is 0 Å². The van der Waals surface area contributed by atoms with Crippen LogP contribution in [0, 0.1) is 5.82 Å². The van der Waals surface area contributed by atoms with Gasteiger partial charge in [0.2, 0.25) is 0 Å². The minimum atomic E-state index is -0.276. The summed E-state index contributed by atoms with van der Waals surface area (Å²) in [5, 5.41) is 11.7. The second-order valence-electron chi connectivity index (χ2n) is 6.64. The Kier molecular flexibility index (Phi) is 3.04. The fourth-order valence-corrected chi connectivity index (χ4v) is 4.07. The Morgan fingerprint density at radius 3 is 2.76 bits per heavy atom. The quantitative estimate of drug-likeness (QED) is 0.699. The summed E-state index contributed by atoms with van der Waals surface area (Å²) >= 11 is 0. The number of carbonyl (C=O) groups excluding carboxylic acids is 1. The number of nitrogens with zero attached hydrogens (tertiary/aromatic N) is 1. The highest BCUT2D eigenvalue weighted by Crippen LogP contribution is 2.47. The van der Waals surface area contributed by atoms with Crippen LogP contribution >= 0.6 is 0 Å². The molecule has 5 heteroatoms. The summed E-state index contributed by atoms with van der Waals surface area (Å²) < 4.78 is 13.5. The van der Waals surface area contributed by atoms with Crippen LogP contribution in [-0.2, 0) is 4.79 Å². The number of allylic oxidation sites excluding steroid dienone is 2. The molecule has 124 valence electrons. The molecule has 5 rings (SSSR count). The molecule has 1 aliphatic carbocycles. The molecule has 4 nitrogen and oxygen atoms in total. The van der Waals surface area contributed by atoms with E-state index < -0.39 is 0 Å². The minimum Gasteiger partial charge on any atom is -0.358 e. The monoisotopic (exact) mass is 333 g/mol. The normalized spacial score (nSPS) is 19.6. The Hall–Kier alpha value is -2.95. The molecule has 0 fully saturated rings. The average Bonchev–Trinajstić information content (AvgIpc) is 3.10. The van der Waals surface area contributed by atoms with Crippen LogP contribution in [0.2, 0.25) is 0 Å². The van der Waals surface area contributed by atoms with Gasteiger partial charge in [0.05, 0.1) is 11.7 Å². The molecule has 0 spiro atoms. The van der Waals surface area contributed by atoms with E-state index in [1.54, 1.807) is 18.3 Å². The van der Waals surface area contributed by atoms with E-state index in [4.69, 9.17) is 0 Å². The van der Waals surface area contributed by atoms with Crippen molar-refractivity contribution < 1.29 is 9.18 Å². The van der Waals surface area contributed by atoms with E-state index >= 15 is 0 Å². The molecule has 0 saturated carbocycles. The third kappa shape index (κ3) is 2.12. The van der Waals surface area contributed by atoms with Gasteiger partial charge in [-0.2, -0.15) is 5.10 Å². The number of H-pyrrole nitrogens is 1. The van der Waals surface area contributed by atoms with Crippen LogP contribution in [0.1, 0.15) is 36.3 Å². The Balaban J connectivity index is 1.82. The Labute approximate surface area is 143 Å². The standard InChI is InChI=1S/C20H16FN3O/c21-13-7-4-11(5-8-13)17-18-14(2-1-3-16(18)25)23-15-9-6-12-10-22-24-20(12)19(15)17/h4-10,17,23H,1-3H2,(H,22,24). The molecule has 3 aromatic rings. The summed E-state index contributed by atoms with van der Waals surface area (Å²) in [5.74, 6) is -0.309. The van der Waals surface area contributed by atoms with Gasteiger partial charge < -0.3 is 5.32 Å². The van der Waals surface area contributed by atoms with E-state index in [1.165, 1.54) is 12.1 Å². The van der Waals surface area contributed by atoms with E-state index in [9.17, 15) is 9.18 Å². The van der Waals surface area contributed by atoms with Gasteiger partial charge >= 0.3 is 0 Å². The topological polar surface area (TPSA) is 57.8 Å². The summed E-state index contributed by atoms with van der Waals surface area (Å²) in [6.45, 7) is 0. The number of hydrogen-bond acceptors (Lipinski definition) is 3. The largest absolute Gasteiger partial charge is 0.358 e. The zero-order valence-corrected chi connectivity index (χ0v) is 13.5. The first kappa shape index (κ1) is 14.4. The number of benzene rings is 2. The lowest BCUT2D eigenvalue weighted by Crippen LogP contribution is -2.27. The SMILES string of the molecule is O=C1CCCC2=C1C(c1ccc(F)cc1)c1c(ccc3cn[nH]c13)N2. The van der Waals surface area contributed by atoms with Crippen LogP contribution in [-0.4, -0.2) is 16.0 Å². The molecule has 2 aliphatic rings. The summed E-state index contributed by atoms with van der Waals surface area (Å²) in [7, 11) is 0. The zero-order chi connectivity index (χ0) is 17.0. The molecular weight excluding hydrogens is 317 g/mol. The first-order valence-corrected chi connectivity index (χ1v) is 8.47. The lowest BCUT2D eigenvalue weighted by molar-refractivity contribution is -0.116. The Morgan fingerprint density at radius 1 is 1.08 bits per heavy atom. The molecule has 1 aromatic heterocycles. The second kappa shape index (κ2) is 5.28. The number of nitrogens with one attached hydrogen (secondary N) is 2. The van der Waals surface area contributed by atoms with Crippen LogP contribution in [0.3, 0.4) is 0 Å². The van der Waals surface area contributed by atoms with Crippen molar-refractivity contribution in [3.63, 3.8) is 0 Å². The number of ketones is 1. The number of aromatic nitrogens is 2. The molecule has 0 bridgehead atoms. The van der Waals surface area contributed by atoms with Crippen molar-refractivity contribution in [3.05, 3.63) is 70.8 Å². The first-order valence-electron chi connectivity index (χ1n) is 8.47. The molecule has 2 N–H and O–H groups in total. The number of aromatic amines is 1. The van der Waals surface area contributed by atoms with Crippen molar-refractivity contribution in [1.82, 2.24) is 10.2 Å². The summed E-state index contributed by atoms with van der Waals surface area (Å²) in [6, 6.07) is 10.5. The molecule has 25 heavy (non-hydrogen) atoms. The third-order valence-electron chi connectivity index (χ3n) is 5.18. The number of rotatable bonds is 1. The van der Waals surface area contributed by atoms with Crippen LogP contribution in [0.15, 0.2) is 53.9 Å². The highest BCUT2D eigenvalue weighted by Gasteiger charge is 2.36. The smallest absolute Gasteiger partial charge is 0.161 e. The van der Waals surface area contributed by atoms with Crippen molar-refractivity contribution in [3.8, 4) is 0 Å². The predicted molar refractivity (Wildman–Crippen MR) is 93.8 cm³/mol. The van der Waals surface area contributed by atoms with Gasteiger partial charge in [0, 0.05) is 40.2 Å². The molecular formula is C20H16FN3O. The highest BCUT2D eigenvalue weighted by molar-refractivity contribution is 6.03. The van der Waals surface area contributed by atoms with Gasteiger partial charge in [0.25, 0.3) is 0 Å². The van der Waals surface area contributed by atoms with Gasteiger partial charge in [0.1, 0.15) is 5.82 Å². The highest BCUT2D eigenvalue weighted by atomic mass is 19.1. The fourth-order valence-electron chi connectivity index (χ4n) is 4.07. The summed E-state index contributed by atoms with van der Waals surface area (Å²) in [6.07, 6.45) is 4.07.